The number of thiophene rings is 1. The molecule has 0 aliphatic carbocycles. The topological polar surface area (TPSA) is 30.2 Å². The van der Waals surface area contributed by atoms with Crippen molar-refractivity contribution in [2.45, 2.75) is 6.92 Å². The van der Waals surface area contributed by atoms with Crippen molar-refractivity contribution in [2.24, 2.45) is 0 Å². The molecule has 0 amide bonds. The minimum absolute atomic E-state index is 0.00732. The summed E-state index contributed by atoms with van der Waals surface area (Å²) in [5, 5.41) is 0.629. The number of fused-ring (bicyclic) bond motifs is 1. The van der Waals surface area contributed by atoms with Gasteiger partial charge >= 0.3 is 0 Å². The van der Waals surface area contributed by atoms with Crippen LogP contribution in [0.3, 0.4) is 0 Å². The van der Waals surface area contributed by atoms with Crippen molar-refractivity contribution in [3.63, 3.8) is 0 Å². The SMILES string of the molecule is Cc1ccc(-c2cc(=O)c3ccccc3o2)s1. The molecule has 0 radical (unpaired) electrons. The molecule has 0 bridgehead atoms. The maximum absolute atomic E-state index is 11.9. The highest BCUT2D eigenvalue weighted by Gasteiger charge is 2.07. The molecule has 3 heteroatoms. The summed E-state index contributed by atoms with van der Waals surface area (Å²) in [6, 6.07) is 12.9. The van der Waals surface area contributed by atoms with E-state index in [-0.39, 0.29) is 5.43 Å². The molecule has 2 heterocycles. The molecule has 0 aliphatic heterocycles. The van der Waals surface area contributed by atoms with Crippen LogP contribution in [0.5, 0.6) is 0 Å². The number of hydrogen-bond acceptors (Lipinski definition) is 3. The molecule has 3 rings (SSSR count). The van der Waals surface area contributed by atoms with E-state index in [1.807, 2.05) is 37.3 Å². The first kappa shape index (κ1) is 10.3. The van der Waals surface area contributed by atoms with Crippen molar-refractivity contribution >= 4 is 22.3 Å². The van der Waals surface area contributed by atoms with Gasteiger partial charge in [0.2, 0.25) is 0 Å². The Labute approximate surface area is 102 Å². The van der Waals surface area contributed by atoms with Crippen LogP contribution < -0.4 is 5.43 Å². The normalized spacial score (nSPS) is 10.9. The molecular formula is C14H10O2S. The van der Waals surface area contributed by atoms with Gasteiger partial charge in [0, 0.05) is 10.9 Å². The van der Waals surface area contributed by atoms with Gasteiger partial charge in [-0.3, -0.25) is 4.79 Å². The standard InChI is InChI=1S/C14H10O2S/c1-9-6-7-14(17-9)13-8-11(15)10-4-2-3-5-12(10)16-13/h2-8H,1H3. The van der Waals surface area contributed by atoms with E-state index in [4.69, 9.17) is 4.42 Å². The smallest absolute Gasteiger partial charge is 0.193 e. The molecule has 3 aromatic rings. The van der Waals surface area contributed by atoms with Gasteiger partial charge < -0.3 is 4.42 Å². The number of aryl methyl sites for hydroxylation is 1. The molecule has 0 spiro atoms. The summed E-state index contributed by atoms with van der Waals surface area (Å²) in [5.41, 5.74) is 0.647. The second-order valence-corrected chi connectivity index (χ2v) is 5.17. The van der Waals surface area contributed by atoms with Gasteiger partial charge in [0.1, 0.15) is 11.3 Å². The van der Waals surface area contributed by atoms with Crippen LogP contribution in [0.4, 0.5) is 0 Å². The zero-order valence-electron chi connectivity index (χ0n) is 9.27. The van der Waals surface area contributed by atoms with Crippen LogP contribution in [0.15, 0.2) is 51.7 Å². The van der Waals surface area contributed by atoms with Crippen molar-refractivity contribution in [1.29, 1.82) is 0 Å². The summed E-state index contributed by atoms with van der Waals surface area (Å²) >= 11 is 1.63. The van der Waals surface area contributed by atoms with Crippen LogP contribution in [0.1, 0.15) is 4.88 Å². The highest BCUT2D eigenvalue weighted by molar-refractivity contribution is 7.15. The Hall–Kier alpha value is -1.87. The van der Waals surface area contributed by atoms with Gasteiger partial charge in [-0.1, -0.05) is 12.1 Å². The maximum Gasteiger partial charge on any atom is 0.193 e. The summed E-state index contributed by atoms with van der Waals surface area (Å²) in [6.07, 6.45) is 0. The third-order valence-corrected chi connectivity index (χ3v) is 3.63. The average Bonchev–Trinajstić information content (AvgIpc) is 2.76. The van der Waals surface area contributed by atoms with Crippen molar-refractivity contribution in [3.8, 4) is 10.6 Å². The molecule has 0 saturated carbocycles. The largest absolute Gasteiger partial charge is 0.455 e. The van der Waals surface area contributed by atoms with Gasteiger partial charge in [0.05, 0.1) is 10.3 Å². The van der Waals surface area contributed by atoms with Crippen molar-refractivity contribution in [2.75, 3.05) is 0 Å². The Bertz CT molecular complexity index is 737. The number of hydrogen-bond donors (Lipinski definition) is 0. The number of rotatable bonds is 1. The Morgan fingerprint density at radius 1 is 1.12 bits per heavy atom. The van der Waals surface area contributed by atoms with Crippen LogP contribution in [-0.4, -0.2) is 0 Å². The summed E-state index contributed by atoms with van der Waals surface area (Å²) in [6.45, 7) is 2.04. The van der Waals surface area contributed by atoms with E-state index in [2.05, 4.69) is 0 Å². The van der Waals surface area contributed by atoms with Crippen LogP contribution in [0.2, 0.25) is 0 Å². The maximum atomic E-state index is 11.9. The lowest BCUT2D eigenvalue weighted by Crippen LogP contribution is -1.99. The molecule has 2 nitrogen and oxygen atoms in total. The van der Waals surface area contributed by atoms with Crippen molar-refractivity contribution in [1.82, 2.24) is 0 Å². The second kappa shape index (κ2) is 3.86. The van der Waals surface area contributed by atoms with Crippen LogP contribution >= 0.6 is 11.3 Å². The molecule has 0 fully saturated rings. The van der Waals surface area contributed by atoms with E-state index in [0.717, 1.165) is 4.88 Å². The molecule has 0 unspecified atom stereocenters. The lowest BCUT2D eigenvalue weighted by atomic mass is 10.2. The van der Waals surface area contributed by atoms with Gasteiger partial charge in [0.15, 0.2) is 5.43 Å². The third kappa shape index (κ3) is 1.78. The van der Waals surface area contributed by atoms with E-state index in [1.54, 1.807) is 23.5 Å². The van der Waals surface area contributed by atoms with Crippen LogP contribution in [-0.2, 0) is 0 Å². The van der Waals surface area contributed by atoms with E-state index in [0.29, 0.717) is 16.7 Å². The fourth-order valence-corrected chi connectivity index (χ4v) is 2.61. The lowest BCUT2D eigenvalue weighted by Gasteiger charge is -1.99. The van der Waals surface area contributed by atoms with Crippen molar-refractivity contribution in [3.05, 3.63) is 57.6 Å². The third-order valence-electron chi connectivity index (χ3n) is 2.62. The van der Waals surface area contributed by atoms with Gasteiger partial charge in [-0.15, -0.1) is 11.3 Å². The highest BCUT2D eigenvalue weighted by atomic mass is 32.1. The summed E-state index contributed by atoms with van der Waals surface area (Å²) in [5.74, 6) is 0.645. The molecule has 17 heavy (non-hydrogen) atoms. The quantitative estimate of drug-likeness (QED) is 0.649. The Morgan fingerprint density at radius 2 is 1.94 bits per heavy atom. The predicted molar refractivity (Wildman–Crippen MR) is 70.5 cm³/mol. The fourth-order valence-electron chi connectivity index (χ4n) is 1.79. The summed E-state index contributed by atoms with van der Waals surface area (Å²) in [7, 11) is 0. The molecular weight excluding hydrogens is 232 g/mol. The lowest BCUT2D eigenvalue weighted by molar-refractivity contribution is 0.620. The van der Waals surface area contributed by atoms with Crippen LogP contribution in [0, 0.1) is 6.92 Å². The Morgan fingerprint density at radius 3 is 2.71 bits per heavy atom. The van der Waals surface area contributed by atoms with Crippen molar-refractivity contribution < 1.29 is 4.42 Å². The number of para-hydroxylation sites is 1. The zero-order chi connectivity index (χ0) is 11.8. The summed E-state index contributed by atoms with van der Waals surface area (Å²) in [4.78, 5) is 14.1. The molecule has 0 N–H and O–H groups in total. The van der Waals surface area contributed by atoms with E-state index in [9.17, 15) is 4.79 Å². The van der Waals surface area contributed by atoms with E-state index in [1.165, 1.54) is 4.88 Å². The minimum atomic E-state index is 0.00732. The average molecular weight is 242 g/mol. The van der Waals surface area contributed by atoms with Gasteiger partial charge in [-0.2, -0.15) is 0 Å². The molecule has 0 saturated heterocycles. The fraction of sp³-hybridized carbons (Fsp3) is 0.0714. The van der Waals surface area contributed by atoms with Crippen LogP contribution in [0.25, 0.3) is 21.6 Å². The molecule has 84 valence electrons. The Kier molecular flexibility index (Phi) is 2.34. The van der Waals surface area contributed by atoms with Gasteiger partial charge in [-0.25, -0.2) is 0 Å². The second-order valence-electron chi connectivity index (χ2n) is 3.88. The minimum Gasteiger partial charge on any atom is -0.455 e. The highest BCUT2D eigenvalue weighted by Crippen LogP contribution is 2.28. The monoisotopic (exact) mass is 242 g/mol. The predicted octanol–water partition coefficient (Wildman–Crippen LogP) is 3.83. The van der Waals surface area contributed by atoms with Gasteiger partial charge in [0.25, 0.3) is 0 Å². The summed E-state index contributed by atoms with van der Waals surface area (Å²) < 4.78 is 5.75. The first-order chi connectivity index (χ1) is 8.24. The Balaban J connectivity index is 2.29. The number of benzene rings is 1. The van der Waals surface area contributed by atoms with E-state index >= 15 is 0 Å². The zero-order valence-corrected chi connectivity index (χ0v) is 10.1. The first-order valence-electron chi connectivity index (χ1n) is 5.34. The molecule has 1 aromatic carbocycles. The molecule has 2 aromatic heterocycles. The van der Waals surface area contributed by atoms with E-state index < -0.39 is 0 Å². The molecule has 0 atom stereocenters. The van der Waals surface area contributed by atoms with Gasteiger partial charge in [-0.05, 0) is 31.2 Å². The molecule has 0 aliphatic rings. The first-order valence-corrected chi connectivity index (χ1v) is 6.15.